The summed E-state index contributed by atoms with van der Waals surface area (Å²) in [4.78, 5) is 2.13. The van der Waals surface area contributed by atoms with Crippen LogP contribution in [0.2, 0.25) is 0 Å². The van der Waals surface area contributed by atoms with Crippen LogP contribution < -0.4 is 10.6 Å². The molecule has 0 saturated carbocycles. The molecule has 2 N–H and O–H groups in total. The van der Waals surface area contributed by atoms with Crippen LogP contribution >= 0.6 is 0 Å². The summed E-state index contributed by atoms with van der Waals surface area (Å²) in [6, 6.07) is 12.8. The molecule has 0 heterocycles. The summed E-state index contributed by atoms with van der Waals surface area (Å²) < 4.78 is 0. The molecular weight excluding hydrogens is 196 g/mol. The van der Waals surface area contributed by atoms with E-state index in [0.717, 1.165) is 0 Å². The van der Waals surface area contributed by atoms with Gasteiger partial charge in [0.25, 0.3) is 0 Å². The van der Waals surface area contributed by atoms with Crippen LogP contribution in [0.4, 0.5) is 5.69 Å². The lowest BCUT2D eigenvalue weighted by molar-refractivity contribution is 0.826. The normalized spacial score (nSPS) is 12.8. The summed E-state index contributed by atoms with van der Waals surface area (Å²) >= 11 is 0. The molecule has 2 nitrogen and oxygen atoms in total. The quantitative estimate of drug-likeness (QED) is 0.832. The molecule has 2 heteroatoms. The van der Waals surface area contributed by atoms with Gasteiger partial charge in [0.15, 0.2) is 0 Å². The number of hydrogen-bond donors (Lipinski definition) is 1. The van der Waals surface area contributed by atoms with E-state index in [1.807, 2.05) is 6.92 Å². The third kappa shape index (κ3) is 1.76. The third-order valence-corrected chi connectivity index (χ3v) is 2.91. The highest BCUT2D eigenvalue weighted by Gasteiger charge is 2.09. The van der Waals surface area contributed by atoms with Gasteiger partial charge >= 0.3 is 0 Å². The van der Waals surface area contributed by atoms with Crippen molar-refractivity contribution in [1.82, 2.24) is 0 Å². The van der Waals surface area contributed by atoms with Crippen molar-refractivity contribution >= 4 is 16.5 Å². The molecule has 0 fully saturated rings. The molecule has 1 atom stereocenters. The molecule has 0 aliphatic carbocycles. The fraction of sp³-hybridized carbons (Fsp3) is 0.286. The van der Waals surface area contributed by atoms with E-state index in [-0.39, 0.29) is 6.04 Å². The Bertz CT molecular complexity index is 455. The SMILES string of the molecule is C[C@@H](N)c1ccc(N(C)C)c2ccccc12. The highest BCUT2D eigenvalue weighted by Crippen LogP contribution is 2.30. The molecule has 2 aromatic rings. The van der Waals surface area contributed by atoms with Crippen molar-refractivity contribution < 1.29 is 0 Å². The Morgan fingerprint density at radius 2 is 1.62 bits per heavy atom. The van der Waals surface area contributed by atoms with Gasteiger partial charge in [0.05, 0.1) is 0 Å². The van der Waals surface area contributed by atoms with Crippen molar-refractivity contribution in [3.05, 3.63) is 42.0 Å². The number of nitrogens with two attached hydrogens (primary N) is 1. The Balaban J connectivity index is 2.77. The molecule has 0 spiro atoms. The molecule has 0 bridgehead atoms. The second kappa shape index (κ2) is 4.14. The zero-order chi connectivity index (χ0) is 11.7. The zero-order valence-corrected chi connectivity index (χ0v) is 10.1. The van der Waals surface area contributed by atoms with Crippen LogP contribution in [0.25, 0.3) is 10.8 Å². The fourth-order valence-corrected chi connectivity index (χ4v) is 2.09. The van der Waals surface area contributed by atoms with Gasteiger partial charge in [-0.05, 0) is 23.9 Å². The van der Waals surface area contributed by atoms with Crippen molar-refractivity contribution in [2.75, 3.05) is 19.0 Å². The summed E-state index contributed by atoms with van der Waals surface area (Å²) in [5.74, 6) is 0. The molecule has 0 amide bonds. The van der Waals surface area contributed by atoms with E-state index in [0.29, 0.717) is 0 Å². The first-order valence-corrected chi connectivity index (χ1v) is 5.56. The van der Waals surface area contributed by atoms with E-state index in [2.05, 4.69) is 55.4 Å². The molecule has 0 aromatic heterocycles. The van der Waals surface area contributed by atoms with Gasteiger partial charge in [-0.25, -0.2) is 0 Å². The van der Waals surface area contributed by atoms with E-state index >= 15 is 0 Å². The Hall–Kier alpha value is -1.54. The van der Waals surface area contributed by atoms with Gasteiger partial charge in [-0.15, -0.1) is 0 Å². The van der Waals surface area contributed by atoms with Crippen molar-refractivity contribution in [3.8, 4) is 0 Å². The van der Waals surface area contributed by atoms with Gasteiger partial charge in [0.1, 0.15) is 0 Å². The van der Waals surface area contributed by atoms with Crippen molar-refractivity contribution in [2.24, 2.45) is 5.73 Å². The summed E-state index contributed by atoms with van der Waals surface area (Å²) in [5, 5.41) is 2.52. The molecule has 0 aliphatic heterocycles. The average molecular weight is 214 g/mol. The number of anilines is 1. The molecule has 0 saturated heterocycles. The average Bonchev–Trinajstić information content (AvgIpc) is 2.27. The van der Waals surface area contributed by atoms with Gasteiger partial charge < -0.3 is 10.6 Å². The van der Waals surface area contributed by atoms with E-state index < -0.39 is 0 Å². The summed E-state index contributed by atoms with van der Waals surface area (Å²) in [6.45, 7) is 2.02. The smallest absolute Gasteiger partial charge is 0.0440 e. The van der Waals surface area contributed by atoms with Gasteiger partial charge in [-0.2, -0.15) is 0 Å². The second-order valence-electron chi connectivity index (χ2n) is 4.40. The predicted molar refractivity (Wildman–Crippen MR) is 70.9 cm³/mol. The lowest BCUT2D eigenvalue weighted by Crippen LogP contribution is -2.11. The number of hydrogen-bond acceptors (Lipinski definition) is 2. The summed E-state index contributed by atoms with van der Waals surface area (Å²) in [5.41, 5.74) is 8.44. The number of nitrogens with zero attached hydrogens (tertiary/aromatic N) is 1. The first-order chi connectivity index (χ1) is 7.61. The van der Waals surface area contributed by atoms with Crippen molar-refractivity contribution in [3.63, 3.8) is 0 Å². The maximum absolute atomic E-state index is 5.99. The Kier molecular flexibility index (Phi) is 2.84. The Labute approximate surface area is 96.7 Å². The minimum Gasteiger partial charge on any atom is -0.377 e. The molecule has 2 rings (SSSR count). The van der Waals surface area contributed by atoms with Crippen LogP contribution in [0.3, 0.4) is 0 Å². The summed E-state index contributed by atoms with van der Waals surface area (Å²) in [6.07, 6.45) is 0. The van der Waals surface area contributed by atoms with Gasteiger partial charge in [-0.3, -0.25) is 0 Å². The molecule has 0 aliphatic rings. The molecule has 16 heavy (non-hydrogen) atoms. The van der Waals surface area contributed by atoms with Gasteiger partial charge in [-0.1, -0.05) is 30.3 Å². The third-order valence-electron chi connectivity index (χ3n) is 2.91. The van der Waals surface area contributed by atoms with E-state index in [1.165, 1.54) is 22.0 Å². The lowest BCUT2D eigenvalue weighted by Gasteiger charge is -2.18. The maximum Gasteiger partial charge on any atom is 0.0440 e. The van der Waals surface area contributed by atoms with E-state index in [9.17, 15) is 0 Å². The summed E-state index contributed by atoms with van der Waals surface area (Å²) in [7, 11) is 4.13. The van der Waals surface area contributed by atoms with Crippen LogP contribution in [0, 0.1) is 0 Å². The van der Waals surface area contributed by atoms with Crippen LogP contribution in [-0.4, -0.2) is 14.1 Å². The first-order valence-electron chi connectivity index (χ1n) is 5.56. The number of rotatable bonds is 2. The van der Waals surface area contributed by atoms with Crippen molar-refractivity contribution in [1.29, 1.82) is 0 Å². The monoisotopic (exact) mass is 214 g/mol. The Morgan fingerprint density at radius 3 is 2.19 bits per heavy atom. The highest BCUT2D eigenvalue weighted by molar-refractivity contribution is 5.96. The van der Waals surface area contributed by atoms with Crippen LogP contribution in [0.15, 0.2) is 36.4 Å². The number of fused-ring (bicyclic) bond motifs is 1. The van der Waals surface area contributed by atoms with Crippen LogP contribution in [0.5, 0.6) is 0 Å². The largest absolute Gasteiger partial charge is 0.377 e. The van der Waals surface area contributed by atoms with Crippen molar-refractivity contribution in [2.45, 2.75) is 13.0 Å². The van der Waals surface area contributed by atoms with E-state index in [1.54, 1.807) is 0 Å². The van der Waals surface area contributed by atoms with E-state index in [4.69, 9.17) is 5.73 Å². The Morgan fingerprint density at radius 1 is 1.00 bits per heavy atom. The number of benzene rings is 2. The molecule has 0 unspecified atom stereocenters. The molecule has 0 radical (unpaired) electrons. The van der Waals surface area contributed by atoms with Crippen LogP contribution in [0.1, 0.15) is 18.5 Å². The highest BCUT2D eigenvalue weighted by atomic mass is 15.1. The second-order valence-corrected chi connectivity index (χ2v) is 4.40. The zero-order valence-electron chi connectivity index (χ0n) is 10.1. The topological polar surface area (TPSA) is 29.3 Å². The maximum atomic E-state index is 5.99. The molecular formula is C14H18N2. The minimum absolute atomic E-state index is 0.0705. The lowest BCUT2D eigenvalue weighted by atomic mass is 9.98. The van der Waals surface area contributed by atoms with Crippen LogP contribution in [-0.2, 0) is 0 Å². The first kappa shape index (κ1) is 11.0. The standard InChI is InChI=1S/C14H18N2/c1-10(15)11-8-9-14(16(2)3)13-7-5-4-6-12(11)13/h4-10H,15H2,1-3H3/t10-/m1/s1. The van der Waals surface area contributed by atoms with Gasteiger partial charge in [0.2, 0.25) is 0 Å². The molecule has 84 valence electrons. The predicted octanol–water partition coefficient (Wildman–Crippen LogP) is 2.93. The fourth-order valence-electron chi connectivity index (χ4n) is 2.09. The molecule has 2 aromatic carbocycles. The minimum atomic E-state index is 0.0705. The van der Waals surface area contributed by atoms with Gasteiger partial charge in [0, 0.05) is 31.2 Å².